The summed E-state index contributed by atoms with van der Waals surface area (Å²) in [6.07, 6.45) is -4.41. The second-order valence-electron chi connectivity index (χ2n) is 3.45. The summed E-state index contributed by atoms with van der Waals surface area (Å²) >= 11 is 4.87. The number of halogens is 3. The van der Waals surface area contributed by atoms with Crippen molar-refractivity contribution in [3.63, 3.8) is 0 Å². The first-order valence-corrected chi connectivity index (χ1v) is 5.10. The molecule has 0 fully saturated rings. The van der Waals surface area contributed by atoms with Crippen LogP contribution in [-0.4, -0.2) is 14.8 Å². The molecule has 1 aromatic carbocycles. The summed E-state index contributed by atoms with van der Waals surface area (Å²) in [6, 6.07) is 5.26. The van der Waals surface area contributed by atoms with E-state index < -0.39 is 11.7 Å². The molecule has 0 aliphatic heterocycles. The molecule has 2 rings (SSSR count). The van der Waals surface area contributed by atoms with Crippen LogP contribution in [0, 0.1) is 4.77 Å². The molecule has 0 saturated heterocycles. The average molecular weight is 259 g/mol. The lowest BCUT2D eigenvalue weighted by Crippen LogP contribution is -2.08. The zero-order chi connectivity index (χ0) is 12.6. The topological polar surface area (TPSA) is 33.6 Å². The van der Waals surface area contributed by atoms with Gasteiger partial charge in [0.2, 0.25) is 0 Å². The second kappa shape index (κ2) is 3.99. The first-order chi connectivity index (χ1) is 7.91. The van der Waals surface area contributed by atoms with Crippen LogP contribution in [0.15, 0.2) is 24.3 Å². The highest BCUT2D eigenvalue weighted by Crippen LogP contribution is 2.35. The standard InChI is InChI=1S/C10H8F3N3S/c1-16-8(14-15-9(16)17)6-4-2-3-5-7(6)10(11,12)13/h2-5H,1H3,(H,15,17). The normalized spacial score (nSPS) is 11.8. The lowest BCUT2D eigenvalue weighted by Gasteiger charge is -2.11. The summed E-state index contributed by atoms with van der Waals surface area (Å²) < 4.78 is 40.1. The van der Waals surface area contributed by atoms with E-state index >= 15 is 0 Å². The van der Waals surface area contributed by atoms with Crippen LogP contribution in [0.3, 0.4) is 0 Å². The second-order valence-corrected chi connectivity index (χ2v) is 3.84. The zero-order valence-corrected chi connectivity index (χ0v) is 9.56. The molecule has 0 aliphatic carbocycles. The SMILES string of the molecule is Cn1c(-c2ccccc2C(F)(F)F)n[nH]c1=S. The molecule has 17 heavy (non-hydrogen) atoms. The minimum Gasteiger partial charge on any atom is -0.303 e. The summed E-state index contributed by atoms with van der Waals surface area (Å²) in [5.41, 5.74) is -0.716. The molecule has 0 bridgehead atoms. The number of hydrogen-bond donors (Lipinski definition) is 1. The molecule has 2 aromatic rings. The van der Waals surface area contributed by atoms with Gasteiger partial charge in [-0.15, -0.1) is 0 Å². The highest BCUT2D eigenvalue weighted by Gasteiger charge is 2.34. The molecule has 0 saturated carbocycles. The van der Waals surface area contributed by atoms with E-state index in [0.29, 0.717) is 0 Å². The molecule has 0 atom stereocenters. The van der Waals surface area contributed by atoms with Crippen molar-refractivity contribution in [1.29, 1.82) is 0 Å². The van der Waals surface area contributed by atoms with Crippen molar-refractivity contribution < 1.29 is 13.2 Å². The fraction of sp³-hybridized carbons (Fsp3) is 0.200. The number of rotatable bonds is 1. The van der Waals surface area contributed by atoms with E-state index in [1.165, 1.54) is 22.8 Å². The van der Waals surface area contributed by atoms with E-state index in [2.05, 4.69) is 10.2 Å². The van der Waals surface area contributed by atoms with Gasteiger partial charge in [0.1, 0.15) is 0 Å². The predicted octanol–water partition coefficient (Wildman–Crippen LogP) is 3.16. The Hall–Kier alpha value is -1.63. The van der Waals surface area contributed by atoms with E-state index in [1.807, 2.05) is 0 Å². The molecule has 1 N–H and O–H groups in total. The number of aromatic amines is 1. The van der Waals surface area contributed by atoms with Gasteiger partial charge in [-0.1, -0.05) is 18.2 Å². The number of nitrogens with zero attached hydrogens (tertiary/aromatic N) is 2. The van der Waals surface area contributed by atoms with Gasteiger partial charge in [0, 0.05) is 12.6 Å². The Bertz CT molecular complexity index is 597. The van der Waals surface area contributed by atoms with Crippen molar-refractivity contribution in [2.24, 2.45) is 7.05 Å². The molecule has 7 heteroatoms. The van der Waals surface area contributed by atoms with Gasteiger partial charge in [0.15, 0.2) is 10.6 Å². The first-order valence-electron chi connectivity index (χ1n) is 4.69. The lowest BCUT2D eigenvalue weighted by atomic mass is 10.1. The van der Waals surface area contributed by atoms with Gasteiger partial charge in [-0.05, 0) is 18.3 Å². The van der Waals surface area contributed by atoms with Crippen molar-refractivity contribution in [2.75, 3.05) is 0 Å². The van der Waals surface area contributed by atoms with Gasteiger partial charge in [0.05, 0.1) is 5.56 Å². The van der Waals surface area contributed by atoms with Crippen LogP contribution in [0.5, 0.6) is 0 Å². The van der Waals surface area contributed by atoms with E-state index in [1.54, 1.807) is 7.05 Å². The predicted molar refractivity (Wildman–Crippen MR) is 58.8 cm³/mol. The third-order valence-corrected chi connectivity index (χ3v) is 2.72. The van der Waals surface area contributed by atoms with Gasteiger partial charge in [-0.25, -0.2) is 0 Å². The summed E-state index contributed by atoms with van der Waals surface area (Å²) in [4.78, 5) is 0. The molecule has 90 valence electrons. The summed E-state index contributed by atoms with van der Waals surface area (Å²) in [5, 5.41) is 6.27. The molecule has 0 radical (unpaired) electrons. The van der Waals surface area contributed by atoms with Gasteiger partial charge < -0.3 is 4.57 Å². The van der Waals surface area contributed by atoms with Crippen molar-refractivity contribution >= 4 is 12.2 Å². The van der Waals surface area contributed by atoms with Crippen molar-refractivity contribution in [2.45, 2.75) is 6.18 Å². The maximum absolute atomic E-state index is 12.8. The molecular weight excluding hydrogens is 251 g/mol. The molecule has 0 unspecified atom stereocenters. The Morgan fingerprint density at radius 2 is 1.94 bits per heavy atom. The van der Waals surface area contributed by atoms with Crippen molar-refractivity contribution in [3.05, 3.63) is 34.6 Å². The van der Waals surface area contributed by atoms with Crippen LogP contribution < -0.4 is 0 Å². The number of hydrogen-bond acceptors (Lipinski definition) is 2. The maximum atomic E-state index is 12.8. The van der Waals surface area contributed by atoms with Crippen LogP contribution in [0.25, 0.3) is 11.4 Å². The third kappa shape index (κ3) is 2.10. The smallest absolute Gasteiger partial charge is 0.303 e. The Morgan fingerprint density at radius 1 is 1.29 bits per heavy atom. The number of H-pyrrole nitrogens is 1. The summed E-state index contributed by atoms with van der Waals surface area (Å²) in [7, 11) is 1.56. The van der Waals surface area contributed by atoms with Gasteiger partial charge in [-0.3, -0.25) is 5.10 Å². The van der Waals surface area contributed by atoms with Gasteiger partial charge >= 0.3 is 6.18 Å². The largest absolute Gasteiger partial charge is 0.417 e. The zero-order valence-electron chi connectivity index (χ0n) is 8.75. The molecule has 0 amide bonds. The van der Waals surface area contributed by atoms with Crippen molar-refractivity contribution in [3.8, 4) is 11.4 Å². The highest BCUT2D eigenvalue weighted by atomic mass is 32.1. The monoisotopic (exact) mass is 259 g/mol. The molecule has 0 aliphatic rings. The minimum absolute atomic E-state index is 0.00912. The van der Waals surface area contributed by atoms with Crippen LogP contribution >= 0.6 is 12.2 Å². The Labute approximate surface area is 99.9 Å². The van der Waals surface area contributed by atoms with E-state index in [9.17, 15) is 13.2 Å². The van der Waals surface area contributed by atoms with Crippen LogP contribution in [0.2, 0.25) is 0 Å². The summed E-state index contributed by atoms with van der Waals surface area (Å²) in [6.45, 7) is 0. The molecule has 1 aromatic heterocycles. The number of benzene rings is 1. The lowest BCUT2D eigenvalue weighted by molar-refractivity contribution is -0.137. The quantitative estimate of drug-likeness (QED) is 0.798. The van der Waals surface area contributed by atoms with E-state index in [0.717, 1.165) is 6.07 Å². The Balaban J connectivity index is 2.68. The fourth-order valence-electron chi connectivity index (χ4n) is 1.51. The number of nitrogens with one attached hydrogen (secondary N) is 1. The fourth-order valence-corrected chi connectivity index (χ4v) is 1.65. The molecule has 1 heterocycles. The maximum Gasteiger partial charge on any atom is 0.417 e. The van der Waals surface area contributed by atoms with Crippen molar-refractivity contribution in [1.82, 2.24) is 14.8 Å². The number of alkyl halides is 3. The Morgan fingerprint density at radius 3 is 2.47 bits per heavy atom. The molecule has 3 nitrogen and oxygen atoms in total. The molecular formula is C10H8F3N3S. The van der Waals surface area contributed by atoms with E-state index in [4.69, 9.17) is 12.2 Å². The van der Waals surface area contributed by atoms with Crippen LogP contribution in [-0.2, 0) is 13.2 Å². The average Bonchev–Trinajstić information content (AvgIpc) is 2.59. The molecule has 0 spiro atoms. The van der Waals surface area contributed by atoms with E-state index in [-0.39, 0.29) is 16.2 Å². The Kier molecular flexibility index (Phi) is 2.78. The van der Waals surface area contributed by atoms with Crippen LogP contribution in [0.1, 0.15) is 5.56 Å². The van der Waals surface area contributed by atoms with Gasteiger partial charge in [-0.2, -0.15) is 18.3 Å². The minimum atomic E-state index is -4.41. The van der Waals surface area contributed by atoms with Gasteiger partial charge in [0.25, 0.3) is 0 Å². The number of aromatic nitrogens is 3. The highest BCUT2D eigenvalue weighted by molar-refractivity contribution is 7.71. The van der Waals surface area contributed by atoms with Crippen LogP contribution in [0.4, 0.5) is 13.2 Å². The first kappa shape index (κ1) is 11.8. The third-order valence-electron chi connectivity index (χ3n) is 2.35. The summed E-state index contributed by atoms with van der Waals surface area (Å²) in [5.74, 6) is 0.169.